The predicted molar refractivity (Wildman–Crippen MR) is 112 cm³/mol. The summed E-state index contributed by atoms with van der Waals surface area (Å²) in [6.07, 6.45) is 1.56. The number of ether oxygens (including phenoxy) is 1. The van der Waals surface area contributed by atoms with E-state index < -0.39 is 0 Å². The van der Waals surface area contributed by atoms with Gasteiger partial charge < -0.3 is 19.8 Å². The number of benzene rings is 1. The molecule has 0 aliphatic carbocycles. The molecule has 0 unspecified atom stereocenters. The van der Waals surface area contributed by atoms with E-state index in [2.05, 4.69) is 15.5 Å². The first-order valence-electron chi connectivity index (χ1n) is 9.59. The lowest BCUT2D eigenvalue weighted by molar-refractivity contribution is -0.117. The second kappa shape index (κ2) is 9.33. The topological polar surface area (TPSA) is 83.8 Å². The van der Waals surface area contributed by atoms with Crippen molar-refractivity contribution in [2.75, 3.05) is 32.1 Å². The number of furan rings is 1. The second-order valence-electron chi connectivity index (χ2n) is 7.28. The molecule has 29 heavy (non-hydrogen) atoms. The Bertz CT molecular complexity index is 888. The van der Waals surface area contributed by atoms with Crippen molar-refractivity contribution in [2.24, 2.45) is 0 Å². The molecule has 1 aromatic heterocycles. The number of halogens is 1. The molecule has 0 bridgehead atoms. The van der Waals surface area contributed by atoms with Gasteiger partial charge in [0.25, 0.3) is 5.91 Å². The van der Waals surface area contributed by atoms with Crippen LogP contribution in [0.15, 0.2) is 28.7 Å². The van der Waals surface area contributed by atoms with Crippen LogP contribution in [0.4, 0.5) is 5.69 Å². The third-order valence-electron chi connectivity index (χ3n) is 5.01. The molecule has 1 saturated heterocycles. The van der Waals surface area contributed by atoms with E-state index in [9.17, 15) is 9.59 Å². The first-order valence-corrected chi connectivity index (χ1v) is 9.97. The highest BCUT2D eigenvalue weighted by atomic mass is 35.5. The lowest BCUT2D eigenvalue weighted by Crippen LogP contribution is -2.46. The summed E-state index contributed by atoms with van der Waals surface area (Å²) in [5.74, 6) is 1.27. The maximum absolute atomic E-state index is 12.5. The standard InChI is InChI=1S/C21H26ClN3O4/c1-13-10-17(19(28-3)11-16(13)22)24-20(26)12-25-8-6-15(7-9-25)23-21(27)18-5-4-14(2)29-18/h4-5,10-11,15H,6-9,12H2,1-3H3,(H,23,27)(H,24,26). The third-order valence-corrected chi connectivity index (χ3v) is 5.42. The van der Waals surface area contributed by atoms with E-state index in [0.717, 1.165) is 31.5 Å². The Morgan fingerprint density at radius 1 is 1.24 bits per heavy atom. The minimum absolute atomic E-state index is 0.0752. The molecule has 0 saturated carbocycles. The van der Waals surface area contributed by atoms with Crippen LogP contribution >= 0.6 is 11.6 Å². The van der Waals surface area contributed by atoms with Crippen LogP contribution in [0.25, 0.3) is 0 Å². The third kappa shape index (κ3) is 5.52. The van der Waals surface area contributed by atoms with E-state index in [1.165, 1.54) is 0 Å². The number of nitrogens with one attached hydrogen (secondary N) is 2. The summed E-state index contributed by atoms with van der Waals surface area (Å²) in [5.41, 5.74) is 1.47. The number of hydrogen-bond donors (Lipinski definition) is 2. The number of carbonyl (C=O) groups excluding carboxylic acids is 2. The van der Waals surface area contributed by atoms with Gasteiger partial charge in [-0.2, -0.15) is 0 Å². The fourth-order valence-corrected chi connectivity index (χ4v) is 3.52. The van der Waals surface area contributed by atoms with Crippen molar-refractivity contribution < 1.29 is 18.7 Å². The summed E-state index contributed by atoms with van der Waals surface area (Å²) in [6, 6.07) is 7.02. The Kier molecular flexibility index (Phi) is 6.82. The number of amides is 2. The Balaban J connectivity index is 1.47. The van der Waals surface area contributed by atoms with Gasteiger partial charge in [0.1, 0.15) is 11.5 Å². The van der Waals surface area contributed by atoms with Gasteiger partial charge in [-0.25, -0.2) is 0 Å². The van der Waals surface area contributed by atoms with Crippen molar-refractivity contribution >= 4 is 29.1 Å². The van der Waals surface area contributed by atoms with E-state index in [4.69, 9.17) is 20.8 Å². The lowest BCUT2D eigenvalue weighted by Gasteiger charge is -2.31. The van der Waals surface area contributed by atoms with Crippen LogP contribution in [0.5, 0.6) is 5.75 Å². The molecule has 7 nitrogen and oxygen atoms in total. The average Bonchev–Trinajstić information content (AvgIpc) is 3.12. The SMILES string of the molecule is COc1cc(Cl)c(C)cc1NC(=O)CN1CCC(NC(=O)c2ccc(C)o2)CC1. The monoisotopic (exact) mass is 419 g/mol. The quantitative estimate of drug-likeness (QED) is 0.749. The van der Waals surface area contributed by atoms with Crippen LogP contribution in [0.2, 0.25) is 5.02 Å². The Labute approximate surface area is 175 Å². The number of methoxy groups -OCH3 is 1. The van der Waals surface area contributed by atoms with E-state index in [1.54, 1.807) is 38.3 Å². The van der Waals surface area contributed by atoms with Gasteiger partial charge in [0, 0.05) is 30.2 Å². The zero-order chi connectivity index (χ0) is 21.0. The summed E-state index contributed by atoms with van der Waals surface area (Å²) in [7, 11) is 1.54. The number of anilines is 1. The minimum Gasteiger partial charge on any atom is -0.495 e. The Hall–Kier alpha value is -2.51. The number of hydrogen-bond acceptors (Lipinski definition) is 5. The molecule has 0 spiro atoms. The molecule has 1 aliphatic heterocycles. The number of aryl methyl sites for hydroxylation is 2. The van der Waals surface area contributed by atoms with Crippen LogP contribution < -0.4 is 15.4 Å². The highest BCUT2D eigenvalue weighted by Crippen LogP contribution is 2.30. The summed E-state index contributed by atoms with van der Waals surface area (Å²) in [6.45, 7) is 5.42. The van der Waals surface area contributed by atoms with E-state index in [-0.39, 0.29) is 24.4 Å². The van der Waals surface area contributed by atoms with Gasteiger partial charge in [-0.15, -0.1) is 0 Å². The van der Waals surface area contributed by atoms with Crippen molar-refractivity contribution in [1.82, 2.24) is 10.2 Å². The fraction of sp³-hybridized carbons (Fsp3) is 0.429. The van der Waals surface area contributed by atoms with Gasteiger partial charge in [-0.05, 0) is 50.5 Å². The molecule has 1 aromatic carbocycles. The molecule has 2 aromatic rings. The van der Waals surface area contributed by atoms with Gasteiger partial charge in [-0.3, -0.25) is 14.5 Å². The predicted octanol–water partition coefficient (Wildman–Crippen LogP) is 3.39. The summed E-state index contributed by atoms with van der Waals surface area (Å²) < 4.78 is 10.7. The van der Waals surface area contributed by atoms with Crippen molar-refractivity contribution in [3.8, 4) is 5.75 Å². The van der Waals surface area contributed by atoms with Crippen molar-refractivity contribution in [3.63, 3.8) is 0 Å². The van der Waals surface area contributed by atoms with E-state index in [0.29, 0.717) is 28.0 Å². The van der Waals surface area contributed by atoms with Crippen LogP contribution in [-0.4, -0.2) is 49.5 Å². The number of rotatable bonds is 6. The molecule has 0 radical (unpaired) electrons. The first kappa shape index (κ1) is 21.2. The summed E-state index contributed by atoms with van der Waals surface area (Å²) in [5, 5.41) is 6.49. The highest BCUT2D eigenvalue weighted by molar-refractivity contribution is 6.31. The van der Waals surface area contributed by atoms with Gasteiger partial charge in [-0.1, -0.05) is 11.6 Å². The normalized spacial score (nSPS) is 15.2. The second-order valence-corrected chi connectivity index (χ2v) is 7.69. The fourth-order valence-electron chi connectivity index (χ4n) is 3.37. The first-order chi connectivity index (χ1) is 13.9. The smallest absolute Gasteiger partial charge is 0.287 e. The van der Waals surface area contributed by atoms with Crippen molar-refractivity contribution in [1.29, 1.82) is 0 Å². The van der Waals surface area contributed by atoms with Gasteiger partial charge in [0.15, 0.2) is 5.76 Å². The molecule has 2 heterocycles. The number of likely N-dealkylation sites (tertiary alicyclic amines) is 1. The van der Waals surface area contributed by atoms with Crippen LogP contribution in [0, 0.1) is 13.8 Å². The van der Waals surface area contributed by atoms with E-state index in [1.807, 2.05) is 6.92 Å². The van der Waals surface area contributed by atoms with Gasteiger partial charge in [0.05, 0.1) is 19.3 Å². The summed E-state index contributed by atoms with van der Waals surface area (Å²) in [4.78, 5) is 26.7. The number of carbonyl (C=O) groups is 2. The zero-order valence-electron chi connectivity index (χ0n) is 16.9. The molecular weight excluding hydrogens is 394 g/mol. The number of nitrogens with zero attached hydrogens (tertiary/aromatic N) is 1. The number of piperidine rings is 1. The van der Waals surface area contributed by atoms with Gasteiger partial charge in [0.2, 0.25) is 5.91 Å². The minimum atomic E-state index is -0.195. The molecule has 3 rings (SSSR count). The molecular formula is C21H26ClN3O4. The highest BCUT2D eigenvalue weighted by Gasteiger charge is 2.23. The molecule has 1 aliphatic rings. The van der Waals surface area contributed by atoms with Crippen LogP contribution in [0.1, 0.15) is 34.7 Å². The molecule has 8 heteroatoms. The maximum Gasteiger partial charge on any atom is 0.287 e. The Morgan fingerprint density at radius 3 is 2.59 bits per heavy atom. The Morgan fingerprint density at radius 2 is 1.97 bits per heavy atom. The van der Waals surface area contributed by atoms with Crippen LogP contribution in [0.3, 0.4) is 0 Å². The van der Waals surface area contributed by atoms with Crippen molar-refractivity contribution in [3.05, 3.63) is 46.4 Å². The van der Waals surface area contributed by atoms with E-state index >= 15 is 0 Å². The molecule has 0 atom stereocenters. The van der Waals surface area contributed by atoms with Gasteiger partial charge >= 0.3 is 0 Å². The largest absolute Gasteiger partial charge is 0.495 e. The molecule has 2 N–H and O–H groups in total. The maximum atomic E-state index is 12.5. The molecule has 2 amide bonds. The van der Waals surface area contributed by atoms with Crippen LogP contribution in [-0.2, 0) is 4.79 Å². The lowest BCUT2D eigenvalue weighted by atomic mass is 10.0. The average molecular weight is 420 g/mol. The molecule has 1 fully saturated rings. The van der Waals surface area contributed by atoms with Crippen molar-refractivity contribution in [2.45, 2.75) is 32.7 Å². The zero-order valence-corrected chi connectivity index (χ0v) is 17.6. The molecule has 156 valence electrons. The summed E-state index contributed by atoms with van der Waals surface area (Å²) >= 11 is 6.11.